The van der Waals surface area contributed by atoms with Gasteiger partial charge in [0.25, 0.3) is 11.5 Å². The van der Waals surface area contributed by atoms with Gasteiger partial charge in [-0.3, -0.25) is 9.59 Å². The maximum atomic E-state index is 13.5. The van der Waals surface area contributed by atoms with Gasteiger partial charge in [-0.2, -0.15) is 9.78 Å². The van der Waals surface area contributed by atoms with Crippen molar-refractivity contribution in [3.8, 4) is 0 Å². The molecule has 5 aromatic rings. The minimum atomic E-state index is -0.513. The van der Waals surface area contributed by atoms with E-state index in [-0.39, 0.29) is 11.5 Å². The number of carbonyl (C=O) groups is 1. The molecule has 0 fully saturated rings. The summed E-state index contributed by atoms with van der Waals surface area (Å²) in [4.78, 5) is 44.9. The second-order valence-electron chi connectivity index (χ2n) is 8.84. The number of fused-ring (bicyclic) bond motifs is 3. The van der Waals surface area contributed by atoms with Gasteiger partial charge in [0.2, 0.25) is 0 Å². The Balaban J connectivity index is 1.42. The molecule has 10 heteroatoms. The Bertz CT molecular complexity index is 1920. The van der Waals surface area contributed by atoms with Gasteiger partial charge in [0, 0.05) is 16.8 Å². The molecule has 0 atom stereocenters. The van der Waals surface area contributed by atoms with Crippen molar-refractivity contribution in [2.45, 2.75) is 25.9 Å². The average molecular weight is 529 g/mol. The largest absolute Gasteiger partial charge is 0.422 e. The number of hydrogen-bond acceptors (Lipinski definition) is 8. The average Bonchev–Trinajstić information content (AvgIpc) is 3.21. The van der Waals surface area contributed by atoms with Crippen LogP contribution in [0.5, 0.6) is 0 Å². The topological polar surface area (TPSA) is 107 Å². The van der Waals surface area contributed by atoms with Crippen LogP contribution in [-0.4, -0.2) is 27.0 Å². The van der Waals surface area contributed by atoms with Crippen molar-refractivity contribution < 1.29 is 9.21 Å². The van der Waals surface area contributed by atoms with E-state index in [1.165, 1.54) is 27.8 Å². The van der Waals surface area contributed by atoms with E-state index in [2.05, 4.69) is 15.4 Å². The molecule has 0 spiro atoms. The van der Waals surface area contributed by atoms with Crippen molar-refractivity contribution in [2.75, 3.05) is 11.1 Å². The van der Waals surface area contributed by atoms with Crippen LogP contribution in [0.4, 0.5) is 5.69 Å². The Kier molecular flexibility index (Phi) is 5.58. The number of hydrogen-bond donors (Lipinski definition) is 1. The van der Waals surface area contributed by atoms with E-state index in [0.717, 1.165) is 22.2 Å². The third kappa shape index (κ3) is 3.98. The molecule has 1 aliphatic rings. The van der Waals surface area contributed by atoms with Crippen LogP contribution in [0.25, 0.3) is 21.2 Å². The monoisotopic (exact) mass is 528 g/mol. The highest BCUT2D eigenvalue weighted by molar-refractivity contribution is 7.99. The third-order valence-corrected chi connectivity index (χ3v) is 8.38. The molecule has 8 nitrogen and oxygen atoms in total. The Morgan fingerprint density at radius 3 is 2.70 bits per heavy atom. The summed E-state index contributed by atoms with van der Waals surface area (Å²) in [5, 5.41) is 8.97. The molecule has 1 N–H and O–H groups in total. The number of carbonyl (C=O) groups excluding carboxylic acids is 1. The smallest absolute Gasteiger partial charge is 0.345 e. The Labute approximate surface area is 218 Å². The van der Waals surface area contributed by atoms with Gasteiger partial charge in [-0.15, -0.1) is 11.3 Å². The molecule has 0 radical (unpaired) electrons. The van der Waals surface area contributed by atoms with Gasteiger partial charge in [0.05, 0.1) is 21.5 Å². The number of rotatable bonds is 3. The molecule has 1 amide bonds. The van der Waals surface area contributed by atoms with Gasteiger partial charge in [-0.1, -0.05) is 47.7 Å². The number of anilines is 1. The standard InChI is InChI=1S/C27H20N4O4S2/c1-13-8-9-18(14(2)10-13)28-23(32)22-15(3)21-24(37-22)29-27-31(25(21)33)30-19(12-36-27)17-11-16-6-4-5-7-20(16)35-26(17)34/h4-11H,12H2,1-3H3,(H,28,32). The number of aromatic nitrogens is 2. The van der Waals surface area contributed by atoms with Crippen LogP contribution in [-0.2, 0) is 0 Å². The number of nitrogens with zero attached hydrogens (tertiary/aromatic N) is 3. The zero-order chi connectivity index (χ0) is 25.8. The van der Waals surface area contributed by atoms with Gasteiger partial charge in [0.1, 0.15) is 10.4 Å². The number of thioether (sulfide) groups is 1. The van der Waals surface area contributed by atoms with E-state index < -0.39 is 5.63 Å². The summed E-state index contributed by atoms with van der Waals surface area (Å²) in [6, 6.07) is 14.8. The van der Waals surface area contributed by atoms with Crippen molar-refractivity contribution in [3.63, 3.8) is 0 Å². The second-order valence-corrected chi connectivity index (χ2v) is 10.8. The minimum absolute atomic E-state index is 0.291. The lowest BCUT2D eigenvalue weighted by Gasteiger charge is -2.15. The van der Waals surface area contributed by atoms with Gasteiger partial charge >= 0.3 is 5.63 Å². The van der Waals surface area contributed by atoms with Gasteiger partial charge in [-0.05, 0) is 50.1 Å². The molecule has 1 aliphatic heterocycles. The molecule has 3 aromatic heterocycles. The zero-order valence-electron chi connectivity index (χ0n) is 20.1. The van der Waals surface area contributed by atoms with Gasteiger partial charge in [0.15, 0.2) is 5.16 Å². The maximum absolute atomic E-state index is 13.5. The summed E-state index contributed by atoms with van der Waals surface area (Å²) < 4.78 is 6.67. The first-order chi connectivity index (χ1) is 17.8. The fourth-order valence-corrected chi connectivity index (χ4v) is 6.37. The lowest BCUT2D eigenvalue weighted by Crippen LogP contribution is -2.28. The molecule has 0 saturated carbocycles. The van der Waals surface area contributed by atoms with E-state index in [1.807, 2.05) is 44.2 Å². The fraction of sp³-hybridized carbons (Fsp3) is 0.148. The highest BCUT2D eigenvalue weighted by Gasteiger charge is 2.25. The lowest BCUT2D eigenvalue weighted by atomic mass is 10.1. The van der Waals surface area contributed by atoms with Crippen molar-refractivity contribution in [2.24, 2.45) is 5.10 Å². The summed E-state index contributed by atoms with van der Waals surface area (Å²) >= 11 is 2.50. The number of nitrogens with one attached hydrogen (secondary N) is 1. The summed E-state index contributed by atoms with van der Waals surface area (Å²) in [6.07, 6.45) is 0. The van der Waals surface area contributed by atoms with E-state index >= 15 is 0 Å². The molecule has 4 heterocycles. The summed E-state index contributed by atoms with van der Waals surface area (Å²) in [6.45, 7) is 5.67. The van der Waals surface area contributed by atoms with Crippen LogP contribution < -0.4 is 16.5 Å². The van der Waals surface area contributed by atoms with Gasteiger partial charge < -0.3 is 9.73 Å². The quantitative estimate of drug-likeness (QED) is 0.258. The summed E-state index contributed by atoms with van der Waals surface area (Å²) in [5.74, 6) is 0.0614. The molecule has 0 bridgehead atoms. The van der Waals surface area contributed by atoms with Crippen LogP contribution in [0.2, 0.25) is 0 Å². The molecule has 0 unspecified atom stereocenters. The number of benzene rings is 2. The molecule has 37 heavy (non-hydrogen) atoms. The molecule has 184 valence electrons. The normalized spacial score (nSPS) is 13.0. The van der Waals surface area contributed by atoms with Crippen LogP contribution in [0.3, 0.4) is 0 Å². The van der Waals surface area contributed by atoms with Crippen LogP contribution in [0, 0.1) is 20.8 Å². The number of para-hydroxylation sites is 1. The Hall–Kier alpha value is -4.02. The molecule has 6 rings (SSSR count). The predicted octanol–water partition coefficient (Wildman–Crippen LogP) is 5.10. The second kappa shape index (κ2) is 8.82. The minimum Gasteiger partial charge on any atom is -0.422 e. The summed E-state index contributed by atoms with van der Waals surface area (Å²) in [5.41, 5.74) is 3.66. The van der Waals surface area contributed by atoms with E-state index in [9.17, 15) is 14.4 Å². The van der Waals surface area contributed by atoms with Crippen molar-refractivity contribution in [3.05, 3.63) is 96.4 Å². The van der Waals surface area contributed by atoms with Crippen LogP contribution in [0.15, 0.2) is 72.8 Å². The number of amides is 1. The van der Waals surface area contributed by atoms with Crippen LogP contribution in [0.1, 0.15) is 31.9 Å². The first kappa shape index (κ1) is 23.4. The summed E-state index contributed by atoms with van der Waals surface area (Å²) in [7, 11) is 0. The molecular formula is C27H20N4O4S2. The van der Waals surface area contributed by atoms with Crippen LogP contribution >= 0.6 is 23.1 Å². The Morgan fingerprint density at radius 2 is 1.89 bits per heavy atom. The molecule has 0 saturated heterocycles. The highest BCUT2D eigenvalue weighted by Crippen LogP contribution is 2.31. The zero-order valence-corrected chi connectivity index (χ0v) is 21.8. The number of aryl methyl sites for hydroxylation is 3. The molecule has 0 aliphatic carbocycles. The molecular weight excluding hydrogens is 508 g/mol. The first-order valence-electron chi connectivity index (χ1n) is 11.5. The predicted molar refractivity (Wildman–Crippen MR) is 148 cm³/mol. The van der Waals surface area contributed by atoms with E-state index in [1.54, 1.807) is 25.1 Å². The van der Waals surface area contributed by atoms with Gasteiger partial charge in [-0.25, -0.2) is 9.78 Å². The lowest BCUT2D eigenvalue weighted by molar-refractivity contribution is 0.103. The fourth-order valence-electron chi connectivity index (χ4n) is 4.36. The van der Waals surface area contributed by atoms with E-state index in [4.69, 9.17) is 4.42 Å². The maximum Gasteiger partial charge on any atom is 0.345 e. The third-order valence-electron chi connectivity index (χ3n) is 6.26. The highest BCUT2D eigenvalue weighted by atomic mass is 32.2. The SMILES string of the molecule is Cc1ccc(NC(=O)c2sc3nc4n(c(=O)c3c2C)N=C(c2cc3ccccc3oc2=O)CS4)c(C)c1. The van der Waals surface area contributed by atoms with Crippen molar-refractivity contribution in [1.82, 2.24) is 9.66 Å². The number of thiophene rings is 1. The Morgan fingerprint density at radius 1 is 1.08 bits per heavy atom. The first-order valence-corrected chi connectivity index (χ1v) is 13.3. The van der Waals surface area contributed by atoms with E-state index in [0.29, 0.717) is 48.4 Å². The van der Waals surface area contributed by atoms with Crippen molar-refractivity contribution >= 4 is 61.6 Å². The molecule has 2 aromatic carbocycles. The van der Waals surface area contributed by atoms with Crippen molar-refractivity contribution in [1.29, 1.82) is 0 Å².